The third-order valence-electron chi connectivity index (χ3n) is 3.44. The van der Waals surface area contributed by atoms with Gasteiger partial charge in [0.2, 0.25) is 0 Å². The summed E-state index contributed by atoms with van der Waals surface area (Å²) in [5, 5.41) is 11.0. The number of benzene rings is 1. The van der Waals surface area contributed by atoms with E-state index in [1.807, 2.05) is 11.8 Å². The first-order valence-electron chi connectivity index (χ1n) is 5.93. The highest BCUT2D eigenvalue weighted by atomic mass is 19.1. The van der Waals surface area contributed by atoms with E-state index in [0.29, 0.717) is 24.7 Å². The zero-order chi connectivity index (χ0) is 13.3. The molecule has 18 heavy (non-hydrogen) atoms. The molecule has 2 N–H and O–H groups in total. The number of rotatable bonds is 3. The van der Waals surface area contributed by atoms with Crippen molar-refractivity contribution in [3.05, 3.63) is 34.1 Å². The zero-order valence-corrected chi connectivity index (χ0v) is 10.2. The van der Waals surface area contributed by atoms with E-state index in [1.54, 1.807) is 0 Å². The SMILES string of the molecule is CC1CC(CN)CN1c1cc(F)ccc1[N+](=O)[O-]. The molecule has 1 saturated heterocycles. The highest BCUT2D eigenvalue weighted by Gasteiger charge is 2.32. The second kappa shape index (κ2) is 4.89. The third kappa shape index (κ3) is 2.28. The molecule has 98 valence electrons. The van der Waals surface area contributed by atoms with E-state index in [-0.39, 0.29) is 11.7 Å². The van der Waals surface area contributed by atoms with Crippen LogP contribution in [0.5, 0.6) is 0 Å². The minimum absolute atomic E-state index is 0.0547. The van der Waals surface area contributed by atoms with Gasteiger partial charge < -0.3 is 10.6 Å². The van der Waals surface area contributed by atoms with Crippen molar-refractivity contribution < 1.29 is 9.31 Å². The first-order chi connectivity index (χ1) is 8.52. The van der Waals surface area contributed by atoms with E-state index in [0.717, 1.165) is 12.5 Å². The van der Waals surface area contributed by atoms with Crippen LogP contribution in [0.3, 0.4) is 0 Å². The van der Waals surface area contributed by atoms with Crippen LogP contribution in [0.15, 0.2) is 18.2 Å². The fourth-order valence-electron chi connectivity index (χ4n) is 2.53. The van der Waals surface area contributed by atoms with E-state index >= 15 is 0 Å². The maximum Gasteiger partial charge on any atom is 0.292 e. The lowest BCUT2D eigenvalue weighted by atomic mass is 10.1. The number of hydrogen-bond donors (Lipinski definition) is 1. The number of nitrogens with two attached hydrogens (primary N) is 1. The maximum absolute atomic E-state index is 13.3. The Morgan fingerprint density at radius 3 is 2.89 bits per heavy atom. The summed E-state index contributed by atoms with van der Waals surface area (Å²) in [5.74, 6) is -0.151. The number of anilines is 1. The molecule has 1 aliphatic heterocycles. The average molecular weight is 253 g/mol. The fourth-order valence-corrected chi connectivity index (χ4v) is 2.53. The number of nitrogens with zero attached hydrogens (tertiary/aromatic N) is 2. The predicted octanol–water partition coefficient (Wildman–Crippen LogP) is 1.91. The first-order valence-corrected chi connectivity index (χ1v) is 5.93. The van der Waals surface area contributed by atoms with Gasteiger partial charge in [-0.2, -0.15) is 0 Å². The number of nitro benzene ring substituents is 1. The summed E-state index contributed by atoms with van der Waals surface area (Å²) in [6.07, 6.45) is 0.879. The number of nitro groups is 1. The summed E-state index contributed by atoms with van der Waals surface area (Å²) in [6.45, 7) is 3.16. The Morgan fingerprint density at radius 2 is 2.33 bits per heavy atom. The van der Waals surface area contributed by atoms with Crippen molar-refractivity contribution in [2.24, 2.45) is 11.7 Å². The van der Waals surface area contributed by atoms with Crippen LogP contribution in [-0.2, 0) is 0 Å². The van der Waals surface area contributed by atoms with E-state index < -0.39 is 10.7 Å². The Labute approximate surface area is 105 Å². The second-order valence-electron chi connectivity index (χ2n) is 4.73. The summed E-state index contributed by atoms with van der Waals surface area (Å²) in [6, 6.07) is 3.70. The van der Waals surface area contributed by atoms with Crippen LogP contribution < -0.4 is 10.6 Å². The Bertz CT molecular complexity index is 467. The molecule has 1 aromatic carbocycles. The topological polar surface area (TPSA) is 72.4 Å². The largest absolute Gasteiger partial charge is 0.363 e. The number of hydrogen-bond acceptors (Lipinski definition) is 4. The van der Waals surface area contributed by atoms with E-state index in [2.05, 4.69) is 0 Å². The van der Waals surface area contributed by atoms with Gasteiger partial charge in [-0.1, -0.05) is 0 Å². The van der Waals surface area contributed by atoms with Gasteiger partial charge in [-0.25, -0.2) is 4.39 Å². The van der Waals surface area contributed by atoms with Crippen LogP contribution in [0, 0.1) is 21.8 Å². The van der Waals surface area contributed by atoms with Crippen LogP contribution in [0.4, 0.5) is 15.8 Å². The molecule has 1 aromatic rings. The monoisotopic (exact) mass is 253 g/mol. The molecule has 0 bridgehead atoms. The molecular formula is C12H16FN3O2. The standard InChI is InChI=1S/C12H16FN3O2/c1-8-4-9(6-14)7-15(8)12-5-10(13)2-3-11(12)16(17)18/h2-3,5,8-9H,4,6-7,14H2,1H3. The second-order valence-corrected chi connectivity index (χ2v) is 4.73. The smallest absolute Gasteiger partial charge is 0.292 e. The minimum atomic E-state index is -0.475. The molecule has 1 heterocycles. The predicted molar refractivity (Wildman–Crippen MR) is 67.0 cm³/mol. The van der Waals surface area contributed by atoms with Crippen LogP contribution in [-0.4, -0.2) is 24.1 Å². The molecule has 6 heteroatoms. The molecular weight excluding hydrogens is 237 g/mol. The molecule has 0 aromatic heterocycles. The fraction of sp³-hybridized carbons (Fsp3) is 0.500. The van der Waals surface area contributed by atoms with E-state index in [9.17, 15) is 14.5 Å². The Hall–Kier alpha value is -1.69. The van der Waals surface area contributed by atoms with Gasteiger partial charge in [-0.3, -0.25) is 10.1 Å². The van der Waals surface area contributed by atoms with E-state index in [4.69, 9.17) is 5.73 Å². The van der Waals surface area contributed by atoms with Gasteiger partial charge in [0.1, 0.15) is 11.5 Å². The third-order valence-corrected chi connectivity index (χ3v) is 3.44. The summed E-state index contributed by atoms with van der Waals surface area (Å²) in [4.78, 5) is 12.4. The molecule has 0 spiro atoms. The normalized spacial score (nSPS) is 23.4. The molecule has 0 aliphatic carbocycles. The lowest BCUT2D eigenvalue weighted by Gasteiger charge is -2.23. The van der Waals surface area contributed by atoms with Crippen LogP contribution in [0.2, 0.25) is 0 Å². The first kappa shape index (κ1) is 12.8. The van der Waals surface area contributed by atoms with Gasteiger partial charge in [-0.15, -0.1) is 0 Å². The van der Waals surface area contributed by atoms with Crippen molar-refractivity contribution in [2.45, 2.75) is 19.4 Å². The quantitative estimate of drug-likeness (QED) is 0.659. The van der Waals surface area contributed by atoms with Crippen LogP contribution >= 0.6 is 0 Å². The highest BCUT2D eigenvalue weighted by Crippen LogP contribution is 2.35. The van der Waals surface area contributed by atoms with Gasteiger partial charge >= 0.3 is 0 Å². The van der Waals surface area contributed by atoms with Crippen molar-refractivity contribution in [3.8, 4) is 0 Å². The molecule has 5 nitrogen and oxygen atoms in total. The summed E-state index contributed by atoms with van der Waals surface area (Å²) in [7, 11) is 0. The Balaban J connectivity index is 2.38. The lowest BCUT2D eigenvalue weighted by molar-refractivity contribution is -0.384. The molecule has 0 saturated carbocycles. The molecule has 2 rings (SSSR count). The minimum Gasteiger partial charge on any atom is -0.363 e. The van der Waals surface area contributed by atoms with Crippen molar-refractivity contribution in [3.63, 3.8) is 0 Å². The van der Waals surface area contributed by atoms with Gasteiger partial charge in [0, 0.05) is 24.7 Å². The average Bonchev–Trinajstić information content (AvgIpc) is 2.70. The zero-order valence-electron chi connectivity index (χ0n) is 10.2. The van der Waals surface area contributed by atoms with Gasteiger partial charge in [0.05, 0.1) is 4.92 Å². The Kier molecular flexibility index (Phi) is 3.47. The molecule has 0 radical (unpaired) electrons. The van der Waals surface area contributed by atoms with Crippen molar-refractivity contribution in [2.75, 3.05) is 18.0 Å². The molecule has 0 amide bonds. The summed E-state index contributed by atoms with van der Waals surface area (Å²) >= 11 is 0. The highest BCUT2D eigenvalue weighted by molar-refractivity contribution is 5.64. The lowest BCUT2D eigenvalue weighted by Crippen LogP contribution is -2.28. The maximum atomic E-state index is 13.3. The van der Waals surface area contributed by atoms with Crippen LogP contribution in [0.1, 0.15) is 13.3 Å². The van der Waals surface area contributed by atoms with Crippen LogP contribution in [0.25, 0.3) is 0 Å². The van der Waals surface area contributed by atoms with E-state index in [1.165, 1.54) is 12.1 Å². The van der Waals surface area contributed by atoms with Gasteiger partial charge in [0.15, 0.2) is 0 Å². The van der Waals surface area contributed by atoms with Crippen molar-refractivity contribution >= 4 is 11.4 Å². The Morgan fingerprint density at radius 1 is 1.61 bits per heavy atom. The number of halogens is 1. The summed E-state index contributed by atoms with van der Waals surface area (Å²) < 4.78 is 13.3. The molecule has 1 aliphatic rings. The summed E-state index contributed by atoms with van der Waals surface area (Å²) in [5.41, 5.74) is 5.93. The van der Waals surface area contributed by atoms with Crippen molar-refractivity contribution in [1.29, 1.82) is 0 Å². The van der Waals surface area contributed by atoms with Crippen molar-refractivity contribution in [1.82, 2.24) is 0 Å². The molecule has 2 atom stereocenters. The van der Waals surface area contributed by atoms with Gasteiger partial charge in [0.25, 0.3) is 5.69 Å². The molecule has 1 fully saturated rings. The molecule has 2 unspecified atom stereocenters. The van der Waals surface area contributed by atoms with Gasteiger partial charge in [-0.05, 0) is 31.9 Å².